The fourth-order valence-electron chi connectivity index (χ4n) is 3.89. The minimum atomic E-state index is 0.196. The molecule has 4 rings (SSSR count). The van der Waals surface area contributed by atoms with Gasteiger partial charge in [0, 0.05) is 12.1 Å². The number of carbonyl (C=O) groups excluding carboxylic acids is 1. The van der Waals surface area contributed by atoms with Crippen LogP contribution in [-0.2, 0) is 13.2 Å². The highest BCUT2D eigenvalue weighted by atomic mass is 16.5. The Balaban J connectivity index is 1.56. The molecular formula is C30H25NO4. The summed E-state index contributed by atoms with van der Waals surface area (Å²) in [5, 5.41) is 9.12. The molecule has 0 aliphatic carbocycles. The Morgan fingerprint density at radius 3 is 2.37 bits per heavy atom. The summed E-state index contributed by atoms with van der Waals surface area (Å²) in [4.78, 5) is 11.8. The summed E-state index contributed by atoms with van der Waals surface area (Å²) in [6.07, 6.45) is 0.705. The van der Waals surface area contributed by atoms with Gasteiger partial charge >= 0.3 is 0 Å². The lowest BCUT2D eigenvalue weighted by molar-refractivity contribution is 0.111. The van der Waals surface area contributed by atoms with Crippen molar-refractivity contribution in [1.82, 2.24) is 0 Å². The lowest BCUT2D eigenvalue weighted by atomic mass is 9.97. The second-order valence-electron chi connectivity index (χ2n) is 8.00. The topological polar surface area (TPSA) is 68.6 Å². The van der Waals surface area contributed by atoms with E-state index in [4.69, 9.17) is 19.5 Å². The summed E-state index contributed by atoms with van der Waals surface area (Å²) < 4.78 is 17.5. The van der Waals surface area contributed by atoms with Crippen LogP contribution in [0, 0.1) is 18.3 Å². The molecule has 0 N–H and O–H groups in total. The Morgan fingerprint density at radius 1 is 0.857 bits per heavy atom. The zero-order valence-electron chi connectivity index (χ0n) is 19.7. The Kier molecular flexibility index (Phi) is 7.44. The smallest absolute Gasteiger partial charge is 0.157 e. The van der Waals surface area contributed by atoms with Gasteiger partial charge in [0.15, 0.2) is 6.29 Å². The van der Waals surface area contributed by atoms with Gasteiger partial charge in [-0.05, 0) is 46.9 Å². The number of hydrogen-bond donors (Lipinski definition) is 0. The Bertz CT molecular complexity index is 1370. The van der Waals surface area contributed by atoms with Crippen molar-refractivity contribution in [3.63, 3.8) is 0 Å². The molecule has 0 saturated heterocycles. The van der Waals surface area contributed by atoms with Crippen molar-refractivity contribution in [2.75, 3.05) is 7.11 Å². The molecule has 5 heteroatoms. The molecule has 0 heterocycles. The third-order valence-electron chi connectivity index (χ3n) is 5.79. The molecule has 174 valence electrons. The maximum absolute atomic E-state index is 11.8. The second-order valence-corrected chi connectivity index (χ2v) is 8.00. The van der Waals surface area contributed by atoms with E-state index in [1.165, 1.54) is 7.11 Å². The molecule has 0 aliphatic rings. The van der Waals surface area contributed by atoms with E-state index in [0.717, 1.165) is 27.8 Å². The van der Waals surface area contributed by atoms with Crippen molar-refractivity contribution in [2.24, 2.45) is 0 Å². The number of aldehydes is 1. The number of ether oxygens (including phenoxy) is 3. The molecule has 0 bridgehead atoms. The maximum atomic E-state index is 11.8. The van der Waals surface area contributed by atoms with Crippen molar-refractivity contribution in [3.8, 4) is 34.4 Å². The van der Waals surface area contributed by atoms with Crippen LogP contribution in [0.4, 0.5) is 0 Å². The van der Waals surface area contributed by atoms with Gasteiger partial charge in [0.05, 0.1) is 24.3 Å². The van der Waals surface area contributed by atoms with Gasteiger partial charge in [-0.25, -0.2) is 0 Å². The number of methoxy groups -OCH3 is 1. The van der Waals surface area contributed by atoms with Gasteiger partial charge in [0.1, 0.15) is 30.5 Å². The van der Waals surface area contributed by atoms with E-state index < -0.39 is 0 Å². The molecule has 0 aliphatic heterocycles. The lowest BCUT2D eigenvalue weighted by Gasteiger charge is -2.16. The van der Waals surface area contributed by atoms with E-state index in [1.54, 1.807) is 30.3 Å². The monoisotopic (exact) mass is 463 g/mol. The highest BCUT2D eigenvalue weighted by Gasteiger charge is 2.15. The second kappa shape index (κ2) is 11.0. The van der Waals surface area contributed by atoms with Gasteiger partial charge in [0.25, 0.3) is 0 Å². The largest absolute Gasteiger partial charge is 0.496 e. The number of nitriles is 1. The highest BCUT2D eigenvalue weighted by Crippen LogP contribution is 2.34. The molecule has 5 nitrogen and oxygen atoms in total. The maximum Gasteiger partial charge on any atom is 0.157 e. The zero-order valence-corrected chi connectivity index (χ0v) is 19.7. The minimum absolute atomic E-state index is 0.196. The van der Waals surface area contributed by atoms with E-state index in [1.807, 2.05) is 36.4 Å². The van der Waals surface area contributed by atoms with Crippen LogP contribution in [0.1, 0.15) is 32.6 Å². The van der Waals surface area contributed by atoms with Crippen LogP contribution < -0.4 is 14.2 Å². The van der Waals surface area contributed by atoms with Crippen LogP contribution in [0.5, 0.6) is 17.2 Å². The van der Waals surface area contributed by atoms with Gasteiger partial charge in [-0.1, -0.05) is 60.7 Å². The zero-order chi connectivity index (χ0) is 24.6. The molecule has 35 heavy (non-hydrogen) atoms. The van der Waals surface area contributed by atoms with Crippen molar-refractivity contribution < 1.29 is 19.0 Å². The first-order chi connectivity index (χ1) is 17.1. The summed E-state index contributed by atoms with van der Waals surface area (Å²) in [6.45, 7) is 2.63. The molecule has 0 atom stereocenters. The SMILES string of the molecule is COc1cc(OCc2cccc(-c3ccccc3)c2C)cc(OCc2cccc(C#N)c2)c1C=O. The number of rotatable bonds is 9. The van der Waals surface area contributed by atoms with Crippen LogP contribution in [-0.4, -0.2) is 13.4 Å². The third-order valence-corrected chi connectivity index (χ3v) is 5.79. The van der Waals surface area contributed by atoms with E-state index in [9.17, 15) is 4.79 Å². The highest BCUT2D eigenvalue weighted by molar-refractivity contribution is 5.84. The normalized spacial score (nSPS) is 10.3. The first-order valence-electron chi connectivity index (χ1n) is 11.2. The van der Waals surface area contributed by atoms with Gasteiger partial charge in [-0.2, -0.15) is 5.26 Å². The van der Waals surface area contributed by atoms with Crippen molar-refractivity contribution >= 4 is 6.29 Å². The molecule has 4 aromatic carbocycles. The number of carbonyl (C=O) groups is 1. The molecule has 0 aromatic heterocycles. The van der Waals surface area contributed by atoms with Gasteiger partial charge in [0.2, 0.25) is 0 Å². The first kappa shape index (κ1) is 23.6. The summed E-state index contributed by atoms with van der Waals surface area (Å²) in [6, 6.07) is 29.0. The lowest BCUT2D eigenvalue weighted by Crippen LogP contribution is -2.03. The molecule has 0 saturated carbocycles. The third kappa shape index (κ3) is 5.51. The Hall–Kier alpha value is -4.56. The summed E-state index contributed by atoms with van der Waals surface area (Å²) >= 11 is 0. The van der Waals surface area contributed by atoms with Crippen LogP contribution in [0.15, 0.2) is 84.9 Å². The standard InChI is InChI=1S/C30H25NO4/c1-21-25(12-7-13-27(21)24-10-4-3-5-11-24)20-34-26-15-29(33-2)28(18-32)30(16-26)35-19-23-9-6-8-22(14-23)17-31/h3-16,18H,19-20H2,1-2H3. The molecule has 0 unspecified atom stereocenters. The summed E-state index contributed by atoms with van der Waals surface area (Å²) in [5.41, 5.74) is 6.18. The summed E-state index contributed by atoms with van der Waals surface area (Å²) in [5.74, 6) is 1.25. The molecule has 0 radical (unpaired) electrons. The van der Waals surface area contributed by atoms with Crippen LogP contribution in [0.2, 0.25) is 0 Å². The number of hydrogen-bond acceptors (Lipinski definition) is 5. The molecule has 4 aromatic rings. The van der Waals surface area contributed by atoms with E-state index in [-0.39, 0.29) is 6.61 Å². The van der Waals surface area contributed by atoms with E-state index >= 15 is 0 Å². The van der Waals surface area contributed by atoms with Gasteiger partial charge in [-0.15, -0.1) is 0 Å². The Morgan fingerprint density at radius 2 is 1.63 bits per heavy atom. The number of benzene rings is 4. The molecule has 0 spiro atoms. The summed E-state index contributed by atoms with van der Waals surface area (Å²) in [7, 11) is 1.50. The van der Waals surface area contributed by atoms with E-state index in [2.05, 4.69) is 31.2 Å². The van der Waals surface area contributed by atoms with Crippen LogP contribution in [0.3, 0.4) is 0 Å². The fraction of sp³-hybridized carbons (Fsp3) is 0.133. The van der Waals surface area contributed by atoms with Crippen LogP contribution in [0.25, 0.3) is 11.1 Å². The van der Waals surface area contributed by atoms with Gasteiger partial charge < -0.3 is 14.2 Å². The number of nitrogens with zero attached hydrogens (tertiary/aromatic N) is 1. The van der Waals surface area contributed by atoms with E-state index in [0.29, 0.717) is 41.3 Å². The predicted molar refractivity (Wildman–Crippen MR) is 135 cm³/mol. The first-order valence-corrected chi connectivity index (χ1v) is 11.2. The average molecular weight is 464 g/mol. The van der Waals surface area contributed by atoms with Crippen molar-refractivity contribution in [3.05, 3.63) is 113 Å². The molecule has 0 amide bonds. The Labute approximate surface area is 205 Å². The molecular weight excluding hydrogens is 438 g/mol. The van der Waals surface area contributed by atoms with Crippen LogP contribution >= 0.6 is 0 Å². The fourth-order valence-corrected chi connectivity index (χ4v) is 3.89. The molecule has 0 fully saturated rings. The predicted octanol–water partition coefficient (Wildman–Crippen LogP) is 6.51. The van der Waals surface area contributed by atoms with Gasteiger partial charge in [-0.3, -0.25) is 4.79 Å². The minimum Gasteiger partial charge on any atom is -0.496 e. The quantitative estimate of drug-likeness (QED) is 0.265. The van der Waals surface area contributed by atoms with Crippen molar-refractivity contribution in [2.45, 2.75) is 20.1 Å². The average Bonchev–Trinajstić information content (AvgIpc) is 2.91. The van der Waals surface area contributed by atoms with Crippen molar-refractivity contribution in [1.29, 1.82) is 5.26 Å².